The molecule has 0 aromatic carbocycles. The van der Waals surface area contributed by atoms with Crippen molar-refractivity contribution in [2.45, 2.75) is 64.3 Å². The molecule has 3 heterocycles. The molecule has 0 unspecified atom stereocenters. The van der Waals surface area contributed by atoms with Crippen LogP contribution in [0, 0.1) is 12.3 Å². The molecule has 4 rings (SSSR count). The number of likely N-dealkylation sites (tertiary alicyclic amines) is 1. The highest BCUT2D eigenvalue weighted by Gasteiger charge is 2.49. The number of nitrogens with two attached hydrogens (primary N) is 1. The number of piperidine rings is 1. The zero-order valence-corrected chi connectivity index (χ0v) is 15.2. The average Bonchev–Trinajstić information content (AvgIpc) is 3.03. The predicted molar refractivity (Wildman–Crippen MR) is 98.3 cm³/mol. The number of nitrogens with zero attached hydrogens (tertiary/aromatic N) is 4. The number of rotatable bonds is 2. The lowest BCUT2D eigenvalue weighted by molar-refractivity contribution is -0.148. The number of aromatic nitrogens is 2. The number of nitrogen functional groups attached to an aromatic ring is 1. The van der Waals surface area contributed by atoms with E-state index in [9.17, 15) is 4.79 Å². The molecule has 1 amide bonds. The molecule has 1 aliphatic carbocycles. The van der Waals surface area contributed by atoms with Gasteiger partial charge >= 0.3 is 0 Å². The van der Waals surface area contributed by atoms with Gasteiger partial charge in [0, 0.05) is 37.4 Å². The van der Waals surface area contributed by atoms with Gasteiger partial charge in [-0.3, -0.25) is 4.79 Å². The van der Waals surface area contributed by atoms with Gasteiger partial charge < -0.3 is 15.5 Å². The van der Waals surface area contributed by atoms with Crippen LogP contribution in [-0.2, 0) is 4.79 Å². The summed E-state index contributed by atoms with van der Waals surface area (Å²) in [6, 6.07) is 2.45. The third kappa shape index (κ3) is 3.07. The first-order valence-electron chi connectivity index (χ1n) is 9.75. The molecule has 6 nitrogen and oxygen atoms in total. The van der Waals surface area contributed by atoms with Crippen molar-refractivity contribution in [3.8, 4) is 0 Å². The standard InChI is InChI=1S/C19H29N5O/c1-14-12-16(22-18(20)21-14)23-11-9-19(13-23)8-5-10-24(17(19)25)15-6-3-2-4-7-15/h12,15H,2-11,13H2,1H3,(H2,20,21,22)/t19-/m0/s1. The van der Waals surface area contributed by atoms with Gasteiger partial charge in [0.15, 0.2) is 0 Å². The Morgan fingerprint density at radius 2 is 1.92 bits per heavy atom. The molecule has 2 saturated heterocycles. The summed E-state index contributed by atoms with van der Waals surface area (Å²) in [5.74, 6) is 1.58. The molecule has 6 heteroatoms. The number of hydrogen-bond donors (Lipinski definition) is 1. The molecule has 136 valence electrons. The molecule has 1 aromatic heterocycles. The van der Waals surface area contributed by atoms with Crippen LogP contribution in [0.25, 0.3) is 0 Å². The molecule has 0 bridgehead atoms. The first kappa shape index (κ1) is 16.6. The Bertz CT molecular complexity index is 637. The topological polar surface area (TPSA) is 75.3 Å². The van der Waals surface area contributed by atoms with E-state index < -0.39 is 0 Å². The molecule has 1 saturated carbocycles. The van der Waals surface area contributed by atoms with Crippen LogP contribution in [0.5, 0.6) is 0 Å². The van der Waals surface area contributed by atoms with Gasteiger partial charge in [-0.25, -0.2) is 4.98 Å². The molecule has 1 spiro atoms. The smallest absolute Gasteiger partial charge is 0.230 e. The van der Waals surface area contributed by atoms with E-state index >= 15 is 0 Å². The molecule has 2 N–H and O–H groups in total. The van der Waals surface area contributed by atoms with Crippen LogP contribution in [0.2, 0.25) is 0 Å². The molecule has 3 fully saturated rings. The van der Waals surface area contributed by atoms with Gasteiger partial charge in [0.2, 0.25) is 11.9 Å². The highest BCUT2D eigenvalue weighted by Crippen LogP contribution is 2.43. The van der Waals surface area contributed by atoms with E-state index in [-0.39, 0.29) is 5.41 Å². The summed E-state index contributed by atoms with van der Waals surface area (Å²) in [6.07, 6.45) is 9.30. The maximum atomic E-state index is 13.4. The summed E-state index contributed by atoms with van der Waals surface area (Å²) in [6.45, 7) is 4.53. The minimum absolute atomic E-state index is 0.219. The second-order valence-corrected chi connectivity index (χ2v) is 8.07. The number of amides is 1. The summed E-state index contributed by atoms with van der Waals surface area (Å²) in [5, 5.41) is 0. The van der Waals surface area contributed by atoms with Gasteiger partial charge in [0.05, 0.1) is 5.41 Å². The van der Waals surface area contributed by atoms with Crippen LogP contribution in [0.4, 0.5) is 11.8 Å². The van der Waals surface area contributed by atoms with Gasteiger partial charge in [-0.2, -0.15) is 4.98 Å². The number of carbonyl (C=O) groups excluding carboxylic acids is 1. The van der Waals surface area contributed by atoms with Gasteiger partial charge in [0.1, 0.15) is 5.82 Å². The molecule has 25 heavy (non-hydrogen) atoms. The summed E-state index contributed by atoms with van der Waals surface area (Å²) in [7, 11) is 0. The summed E-state index contributed by atoms with van der Waals surface area (Å²) in [4.78, 5) is 26.4. The number of anilines is 2. The summed E-state index contributed by atoms with van der Waals surface area (Å²) < 4.78 is 0. The van der Waals surface area contributed by atoms with Crippen molar-refractivity contribution in [1.29, 1.82) is 0 Å². The molecule has 2 aliphatic heterocycles. The first-order chi connectivity index (χ1) is 12.1. The zero-order valence-electron chi connectivity index (χ0n) is 15.2. The van der Waals surface area contributed by atoms with Crippen molar-refractivity contribution in [3.63, 3.8) is 0 Å². The van der Waals surface area contributed by atoms with Gasteiger partial charge in [-0.15, -0.1) is 0 Å². The Kier molecular flexibility index (Phi) is 4.29. The quantitative estimate of drug-likeness (QED) is 0.893. The maximum absolute atomic E-state index is 13.4. The van der Waals surface area contributed by atoms with Crippen molar-refractivity contribution >= 4 is 17.7 Å². The molecule has 1 atom stereocenters. The van der Waals surface area contributed by atoms with Crippen molar-refractivity contribution < 1.29 is 4.79 Å². The van der Waals surface area contributed by atoms with E-state index in [1.54, 1.807) is 0 Å². The van der Waals surface area contributed by atoms with E-state index in [2.05, 4.69) is 19.8 Å². The average molecular weight is 343 g/mol. The molecular formula is C19H29N5O. The highest BCUT2D eigenvalue weighted by molar-refractivity contribution is 5.85. The molecule has 0 radical (unpaired) electrons. The number of aryl methyl sites for hydroxylation is 1. The molecule has 3 aliphatic rings. The Hall–Kier alpha value is -1.85. The van der Waals surface area contributed by atoms with Gasteiger partial charge in [-0.05, 0) is 39.0 Å². The normalized spacial score (nSPS) is 28.1. The predicted octanol–water partition coefficient (Wildman–Crippen LogP) is 2.52. The Morgan fingerprint density at radius 1 is 1.12 bits per heavy atom. The van der Waals surface area contributed by atoms with Gasteiger partial charge in [0.25, 0.3) is 0 Å². The fraction of sp³-hybridized carbons (Fsp3) is 0.737. The lowest BCUT2D eigenvalue weighted by Crippen LogP contribution is -2.54. The fourth-order valence-electron chi connectivity index (χ4n) is 5.03. The Balaban J connectivity index is 1.52. The van der Waals surface area contributed by atoms with E-state index in [1.807, 2.05) is 13.0 Å². The summed E-state index contributed by atoms with van der Waals surface area (Å²) >= 11 is 0. The van der Waals surface area contributed by atoms with E-state index in [1.165, 1.54) is 32.1 Å². The second-order valence-electron chi connectivity index (χ2n) is 8.07. The zero-order chi connectivity index (χ0) is 17.4. The fourth-order valence-corrected chi connectivity index (χ4v) is 5.03. The van der Waals surface area contributed by atoms with E-state index in [4.69, 9.17) is 5.73 Å². The SMILES string of the molecule is Cc1cc(N2CC[C@@]3(CCCN(C4CCCCC4)C3=O)C2)nc(N)n1. The number of hydrogen-bond acceptors (Lipinski definition) is 5. The van der Waals surface area contributed by atoms with Crippen molar-refractivity contribution in [3.05, 3.63) is 11.8 Å². The van der Waals surface area contributed by atoms with Crippen LogP contribution >= 0.6 is 0 Å². The number of carbonyl (C=O) groups is 1. The monoisotopic (exact) mass is 343 g/mol. The van der Waals surface area contributed by atoms with Crippen molar-refractivity contribution in [2.75, 3.05) is 30.3 Å². The lowest BCUT2D eigenvalue weighted by Gasteiger charge is -2.44. The first-order valence-corrected chi connectivity index (χ1v) is 9.75. The van der Waals surface area contributed by atoms with E-state index in [0.717, 1.165) is 50.4 Å². The van der Waals surface area contributed by atoms with Crippen LogP contribution in [0.15, 0.2) is 6.07 Å². The van der Waals surface area contributed by atoms with E-state index in [0.29, 0.717) is 17.9 Å². The molecular weight excluding hydrogens is 314 g/mol. The Morgan fingerprint density at radius 3 is 2.68 bits per heavy atom. The van der Waals surface area contributed by atoms with Crippen LogP contribution in [-0.4, -0.2) is 46.5 Å². The molecule has 1 aromatic rings. The largest absolute Gasteiger partial charge is 0.368 e. The van der Waals surface area contributed by atoms with Crippen molar-refractivity contribution in [2.24, 2.45) is 5.41 Å². The lowest BCUT2D eigenvalue weighted by atomic mass is 9.77. The van der Waals surface area contributed by atoms with Crippen LogP contribution in [0.3, 0.4) is 0 Å². The van der Waals surface area contributed by atoms with Crippen LogP contribution in [0.1, 0.15) is 57.1 Å². The second kappa shape index (κ2) is 6.46. The highest BCUT2D eigenvalue weighted by atomic mass is 16.2. The summed E-state index contributed by atoms with van der Waals surface area (Å²) in [5.41, 5.74) is 6.48. The maximum Gasteiger partial charge on any atom is 0.230 e. The van der Waals surface area contributed by atoms with Crippen molar-refractivity contribution in [1.82, 2.24) is 14.9 Å². The third-order valence-corrected chi connectivity index (χ3v) is 6.32. The minimum atomic E-state index is -0.219. The van der Waals surface area contributed by atoms with Crippen LogP contribution < -0.4 is 10.6 Å². The third-order valence-electron chi connectivity index (χ3n) is 6.32. The van der Waals surface area contributed by atoms with Gasteiger partial charge in [-0.1, -0.05) is 19.3 Å². The minimum Gasteiger partial charge on any atom is -0.368 e. The Labute approximate surface area is 149 Å².